The number of halogens is 3. The zero-order valence-corrected chi connectivity index (χ0v) is 11.4. The molecule has 0 fully saturated rings. The Bertz CT molecular complexity index is 602. The summed E-state index contributed by atoms with van der Waals surface area (Å²) in [6, 6.07) is 8.26. The van der Waals surface area contributed by atoms with E-state index >= 15 is 0 Å². The van der Waals surface area contributed by atoms with Gasteiger partial charge in [-0.1, -0.05) is 27.7 Å². The fourth-order valence-electron chi connectivity index (χ4n) is 1.37. The van der Waals surface area contributed by atoms with Gasteiger partial charge in [0, 0.05) is 14.9 Å². The van der Waals surface area contributed by atoms with Crippen molar-refractivity contribution in [1.82, 2.24) is 0 Å². The Labute approximate surface area is 115 Å². The second kappa shape index (κ2) is 5.63. The van der Waals surface area contributed by atoms with E-state index in [4.69, 9.17) is 0 Å². The summed E-state index contributed by atoms with van der Waals surface area (Å²) in [6.07, 6.45) is 0.686. The Morgan fingerprint density at radius 1 is 1.06 bits per heavy atom. The van der Waals surface area contributed by atoms with Crippen LogP contribution in [-0.4, -0.2) is 6.29 Å². The van der Waals surface area contributed by atoms with Crippen molar-refractivity contribution in [2.24, 2.45) is 0 Å². The van der Waals surface area contributed by atoms with Crippen molar-refractivity contribution in [2.75, 3.05) is 0 Å². The second-order valence-corrected chi connectivity index (χ2v) is 5.48. The van der Waals surface area contributed by atoms with Crippen LogP contribution < -0.4 is 0 Å². The van der Waals surface area contributed by atoms with Crippen LogP contribution in [-0.2, 0) is 0 Å². The number of hydrogen-bond donors (Lipinski definition) is 0. The van der Waals surface area contributed by atoms with Crippen LogP contribution in [0.4, 0.5) is 8.78 Å². The first-order valence-corrected chi connectivity index (χ1v) is 6.59. The molecule has 0 aromatic heterocycles. The highest BCUT2D eigenvalue weighted by atomic mass is 79.9. The minimum absolute atomic E-state index is 0.149. The van der Waals surface area contributed by atoms with Crippen molar-refractivity contribution in [3.05, 3.63) is 58.1 Å². The van der Waals surface area contributed by atoms with Gasteiger partial charge in [-0.3, -0.25) is 4.79 Å². The molecule has 0 saturated carbocycles. The van der Waals surface area contributed by atoms with Gasteiger partial charge >= 0.3 is 0 Å². The van der Waals surface area contributed by atoms with Crippen LogP contribution in [0.15, 0.2) is 50.7 Å². The molecule has 0 N–H and O–H groups in total. The van der Waals surface area contributed by atoms with Crippen LogP contribution in [0.25, 0.3) is 0 Å². The van der Waals surface area contributed by atoms with Crippen LogP contribution >= 0.6 is 27.7 Å². The molecule has 2 rings (SSSR count). The van der Waals surface area contributed by atoms with E-state index in [-0.39, 0.29) is 4.90 Å². The number of carbonyl (C=O) groups excluding carboxylic acids is 1. The van der Waals surface area contributed by atoms with Crippen molar-refractivity contribution in [1.29, 1.82) is 0 Å². The zero-order chi connectivity index (χ0) is 13.1. The van der Waals surface area contributed by atoms with Gasteiger partial charge in [-0.05, 0) is 36.4 Å². The monoisotopic (exact) mass is 328 g/mol. The molecule has 0 radical (unpaired) electrons. The van der Waals surface area contributed by atoms with Crippen molar-refractivity contribution < 1.29 is 13.6 Å². The smallest absolute Gasteiger partial charge is 0.151 e. The molecule has 1 nitrogen and oxygen atoms in total. The first-order valence-electron chi connectivity index (χ1n) is 4.98. The Hall–Kier alpha value is -1.20. The fourth-order valence-corrected chi connectivity index (χ4v) is 2.87. The van der Waals surface area contributed by atoms with E-state index in [2.05, 4.69) is 15.9 Å². The lowest BCUT2D eigenvalue weighted by Crippen LogP contribution is -1.88. The highest BCUT2D eigenvalue weighted by Crippen LogP contribution is 2.33. The molecule has 0 heterocycles. The van der Waals surface area contributed by atoms with Crippen molar-refractivity contribution >= 4 is 34.0 Å². The topological polar surface area (TPSA) is 17.1 Å². The summed E-state index contributed by atoms with van der Waals surface area (Å²) in [4.78, 5) is 11.6. The van der Waals surface area contributed by atoms with Gasteiger partial charge in [-0.2, -0.15) is 0 Å². The zero-order valence-electron chi connectivity index (χ0n) is 8.99. The third-order valence-electron chi connectivity index (χ3n) is 2.22. The Morgan fingerprint density at radius 2 is 1.83 bits per heavy atom. The van der Waals surface area contributed by atoms with Gasteiger partial charge in [0.05, 0.1) is 4.90 Å². The predicted octanol–water partition coefficient (Wildman–Crippen LogP) is 4.69. The molecule has 0 saturated heterocycles. The quantitative estimate of drug-likeness (QED) is 0.760. The summed E-state index contributed by atoms with van der Waals surface area (Å²) in [5, 5.41) is 0. The van der Waals surface area contributed by atoms with Gasteiger partial charge < -0.3 is 0 Å². The average molecular weight is 329 g/mol. The molecule has 0 aliphatic rings. The Kier molecular flexibility index (Phi) is 4.14. The summed E-state index contributed by atoms with van der Waals surface area (Å²) >= 11 is 4.29. The van der Waals surface area contributed by atoms with E-state index in [0.29, 0.717) is 16.7 Å². The van der Waals surface area contributed by atoms with E-state index < -0.39 is 11.6 Å². The fraction of sp³-hybridized carbons (Fsp3) is 0. The summed E-state index contributed by atoms with van der Waals surface area (Å²) < 4.78 is 27.3. The van der Waals surface area contributed by atoms with Crippen LogP contribution in [0, 0.1) is 11.6 Å². The molecule has 0 atom stereocenters. The maximum absolute atomic E-state index is 13.5. The molecule has 0 unspecified atom stereocenters. The normalized spacial score (nSPS) is 10.4. The van der Waals surface area contributed by atoms with E-state index in [0.717, 1.165) is 34.4 Å². The standard InChI is InChI=1S/C13H7BrF2OS/c14-9-2-1-8(7-17)12(5-9)18-13-6-10(15)3-4-11(13)16/h1-7H. The predicted molar refractivity (Wildman–Crippen MR) is 70.0 cm³/mol. The number of carbonyl (C=O) groups is 1. The third-order valence-corrected chi connectivity index (χ3v) is 3.82. The highest BCUT2D eigenvalue weighted by Gasteiger charge is 2.09. The van der Waals surface area contributed by atoms with Crippen LogP contribution in [0.1, 0.15) is 10.4 Å². The van der Waals surface area contributed by atoms with Gasteiger partial charge in [0.25, 0.3) is 0 Å². The van der Waals surface area contributed by atoms with Crippen LogP contribution in [0.2, 0.25) is 0 Å². The lowest BCUT2D eigenvalue weighted by atomic mass is 10.2. The number of aldehydes is 1. The SMILES string of the molecule is O=Cc1ccc(Br)cc1Sc1cc(F)ccc1F. The molecule has 18 heavy (non-hydrogen) atoms. The second-order valence-electron chi connectivity index (χ2n) is 3.48. The maximum atomic E-state index is 13.5. The van der Waals surface area contributed by atoms with Gasteiger partial charge in [0.1, 0.15) is 11.6 Å². The molecule has 92 valence electrons. The maximum Gasteiger partial charge on any atom is 0.151 e. The molecule has 0 bridgehead atoms. The van der Waals surface area contributed by atoms with E-state index in [1.54, 1.807) is 18.2 Å². The highest BCUT2D eigenvalue weighted by molar-refractivity contribution is 9.10. The first kappa shape index (κ1) is 13.2. The van der Waals surface area contributed by atoms with E-state index in [1.807, 2.05) is 0 Å². The molecule has 0 aliphatic heterocycles. The molecule has 0 aliphatic carbocycles. The van der Waals surface area contributed by atoms with Gasteiger partial charge in [0.2, 0.25) is 0 Å². The number of hydrogen-bond acceptors (Lipinski definition) is 2. The molecule has 5 heteroatoms. The van der Waals surface area contributed by atoms with Gasteiger partial charge in [-0.25, -0.2) is 8.78 Å². The number of rotatable bonds is 3. The lowest BCUT2D eigenvalue weighted by Gasteiger charge is -2.06. The molecule has 0 amide bonds. The van der Waals surface area contributed by atoms with Crippen LogP contribution in [0.3, 0.4) is 0 Å². The van der Waals surface area contributed by atoms with Crippen molar-refractivity contribution in [3.63, 3.8) is 0 Å². The van der Waals surface area contributed by atoms with Crippen LogP contribution in [0.5, 0.6) is 0 Å². The van der Waals surface area contributed by atoms with Gasteiger partial charge in [-0.15, -0.1) is 0 Å². The minimum Gasteiger partial charge on any atom is -0.298 e. The molecule has 2 aromatic rings. The number of benzene rings is 2. The Balaban J connectivity index is 2.41. The van der Waals surface area contributed by atoms with Crippen molar-refractivity contribution in [2.45, 2.75) is 9.79 Å². The summed E-state index contributed by atoms with van der Waals surface area (Å²) in [7, 11) is 0. The molecular formula is C13H7BrF2OS. The largest absolute Gasteiger partial charge is 0.298 e. The van der Waals surface area contributed by atoms with E-state index in [1.165, 1.54) is 0 Å². The van der Waals surface area contributed by atoms with Crippen molar-refractivity contribution in [3.8, 4) is 0 Å². The van der Waals surface area contributed by atoms with Gasteiger partial charge in [0.15, 0.2) is 6.29 Å². The third kappa shape index (κ3) is 2.97. The Morgan fingerprint density at radius 3 is 2.56 bits per heavy atom. The summed E-state index contributed by atoms with van der Waals surface area (Å²) in [6.45, 7) is 0. The molecule has 0 spiro atoms. The first-order chi connectivity index (χ1) is 8.60. The molecule has 2 aromatic carbocycles. The average Bonchev–Trinajstić information content (AvgIpc) is 2.34. The molecular weight excluding hydrogens is 322 g/mol. The summed E-state index contributed by atoms with van der Waals surface area (Å²) in [5.41, 5.74) is 0.437. The summed E-state index contributed by atoms with van der Waals surface area (Å²) in [5.74, 6) is -1.03. The minimum atomic E-state index is -0.516. The lowest BCUT2D eigenvalue weighted by molar-refractivity contribution is 0.112. The van der Waals surface area contributed by atoms with E-state index in [9.17, 15) is 13.6 Å².